The zero-order valence-corrected chi connectivity index (χ0v) is 10.9. The molecule has 0 aromatic rings. The van der Waals surface area contributed by atoms with E-state index in [2.05, 4.69) is 48.6 Å². The molecule has 0 aliphatic heterocycles. The topological polar surface area (TPSA) is 0 Å². The maximum Gasteiger partial charge on any atom is -0.0347 e. The van der Waals surface area contributed by atoms with Crippen LogP contribution < -0.4 is 0 Å². The Morgan fingerprint density at radius 1 is 0.333 bits per heavy atom. The van der Waals surface area contributed by atoms with Gasteiger partial charge in [-0.15, -0.1) is 0 Å². The molecular weight excluding hydrogens is 216 g/mol. The molecule has 1 aliphatic rings. The van der Waals surface area contributed by atoms with E-state index in [1.807, 2.05) is 36.5 Å². The number of allylic oxidation sites excluding steroid dienone is 14. The van der Waals surface area contributed by atoms with Gasteiger partial charge in [-0.1, -0.05) is 85.1 Å². The average Bonchev–Trinajstić information content (AvgIpc) is 2.39. The largest absolute Gasteiger partial charge is 0.0845 e. The third kappa shape index (κ3) is 9.41. The summed E-state index contributed by atoms with van der Waals surface area (Å²) in [6.07, 6.45) is 34.0. The highest BCUT2D eigenvalue weighted by Gasteiger charge is 1.82. The minimum Gasteiger partial charge on any atom is -0.0845 e. The molecule has 0 unspecified atom stereocenters. The fourth-order valence-electron chi connectivity index (χ4n) is 1.52. The lowest BCUT2D eigenvalue weighted by Crippen LogP contribution is -1.71. The molecule has 0 aromatic heterocycles. The van der Waals surface area contributed by atoms with Gasteiger partial charge < -0.3 is 0 Å². The molecular formula is C18H22. The van der Waals surface area contributed by atoms with Crippen molar-refractivity contribution < 1.29 is 0 Å². The summed E-state index contributed by atoms with van der Waals surface area (Å²) in [4.78, 5) is 0. The summed E-state index contributed by atoms with van der Waals surface area (Å²) in [6.45, 7) is 0. The van der Waals surface area contributed by atoms with Crippen LogP contribution in [0.4, 0.5) is 0 Å². The Bertz CT molecular complexity index is 346. The molecule has 1 rings (SSSR count). The van der Waals surface area contributed by atoms with Crippen molar-refractivity contribution in [2.24, 2.45) is 0 Å². The zero-order valence-electron chi connectivity index (χ0n) is 10.9. The third-order valence-electron chi connectivity index (χ3n) is 2.49. The molecule has 94 valence electrons. The molecule has 0 amide bonds. The second kappa shape index (κ2) is 11.7. The van der Waals surface area contributed by atoms with Gasteiger partial charge in [0.05, 0.1) is 0 Å². The van der Waals surface area contributed by atoms with E-state index < -0.39 is 0 Å². The van der Waals surface area contributed by atoms with Gasteiger partial charge in [0.2, 0.25) is 0 Å². The highest BCUT2D eigenvalue weighted by molar-refractivity contribution is 5.20. The number of hydrogen-bond donors (Lipinski definition) is 0. The summed E-state index contributed by atoms with van der Waals surface area (Å²) in [5.74, 6) is 0. The van der Waals surface area contributed by atoms with E-state index in [4.69, 9.17) is 0 Å². The van der Waals surface area contributed by atoms with E-state index in [1.165, 1.54) is 25.7 Å². The lowest BCUT2D eigenvalue weighted by Gasteiger charge is -1.91. The van der Waals surface area contributed by atoms with E-state index in [0.717, 1.165) is 0 Å². The highest BCUT2D eigenvalue weighted by atomic mass is 13.9. The SMILES string of the molecule is C1=CCCCC/C=C/C=C/C=C\C=C\C=C\C=C/1. The molecule has 0 radical (unpaired) electrons. The van der Waals surface area contributed by atoms with Crippen molar-refractivity contribution in [3.63, 3.8) is 0 Å². The summed E-state index contributed by atoms with van der Waals surface area (Å²) in [5.41, 5.74) is 0. The first-order valence-corrected chi connectivity index (χ1v) is 6.65. The van der Waals surface area contributed by atoms with Crippen molar-refractivity contribution in [1.82, 2.24) is 0 Å². The summed E-state index contributed by atoms with van der Waals surface area (Å²) < 4.78 is 0. The molecule has 0 N–H and O–H groups in total. The van der Waals surface area contributed by atoms with Gasteiger partial charge in [0.15, 0.2) is 0 Å². The molecule has 1 aliphatic carbocycles. The lowest BCUT2D eigenvalue weighted by molar-refractivity contribution is 0.762. The van der Waals surface area contributed by atoms with E-state index >= 15 is 0 Å². The molecule has 0 atom stereocenters. The predicted molar refractivity (Wildman–Crippen MR) is 82.4 cm³/mol. The van der Waals surface area contributed by atoms with Crippen LogP contribution in [-0.4, -0.2) is 0 Å². The van der Waals surface area contributed by atoms with E-state index in [-0.39, 0.29) is 0 Å². The average molecular weight is 238 g/mol. The van der Waals surface area contributed by atoms with Crippen LogP contribution in [0.1, 0.15) is 25.7 Å². The second-order valence-corrected chi connectivity index (χ2v) is 4.07. The Kier molecular flexibility index (Phi) is 9.22. The molecule has 0 bridgehead atoms. The lowest BCUT2D eigenvalue weighted by atomic mass is 10.2. The summed E-state index contributed by atoms with van der Waals surface area (Å²) in [6, 6.07) is 0. The third-order valence-corrected chi connectivity index (χ3v) is 2.49. The van der Waals surface area contributed by atoms with Crippen LogP contribution in [0.3, 0.4) is 0 Å². The van der Waals surface area contributed by atoms with Crippen molar-refractivity contribution in [3.8, 4) is 0 Å². The monoisotopic (exact) mass is 238 g/mol. The predicted octanol–water partition coefficient (Wildman–Crippen LogP) is 5.45. The van der Waals surface area contributed by atoms with Crippen LogP contribution in [0.5, 0.6) is 0 Å². The molecule has 0 aromatic carbocycles. The Hall–Kier alpha value is -1.82. The normalized spacial score (nSPS) is 28.4. The Morgan fingerprint density at radius 2 is 0.611 bits per heavy atom. The van der Waals surface area contributed by atoms with Crippen LogP contribution in [0.15, 0.2) is 85.1 Å². The molecule has 0 heteroatoms. The van der Waals surface area contributed by atoms with Gasteiger partial charge >= 0.3 is 0 Å². The zero-order chi connectivity index (χ0) is 12.7. The van der Waals surface area contributed by atoms with Crippen LogP contribution in [0.2, 0.25) is 0 Å². The van der Waals surface area contributed by atoms with Crippen molar-refractivity contribution >= 4 is 0 Å². The quantitative estimate of drug-likeness (QED) is 0.526. The van der Waals surface area contributed by atoms with Gasteiger partial charge in [-0.2, -0.15) is 0 Å². The Morgan fingerprint density at radius 3 is 0.944 bits per heavy atom. The first kappa shape index (κ1) is 14.2. The molecule has 0 nitrogen and oxygen atoms in total. The van der Waals surface area contributed by atoms with Crippen LogP contribution in [0, 0.1) is 0 Å². The standard InChI is InChI=1S/C18H22/c1-2-4-6-8-10-12-14-16-18-17-15-13-11-9-7-5-3-1/h1-14H,15-18H2/b2-1+,5-3-,6-4+,9-7+,10-8-,13-11+,14-12?. The molecule has 0 saturated heterocycles. The Labute approximate surface area is 111 Å². The summed E-state index contributed by atoms with van der Waals surface area (Å²) in [7, 11) is 0. The van der Waals surface area contributed by atoms with Crippen molar-refractivity contribution in [2.75, 3.05) is 0 Å². The second-order valence-electron chi connectivity index (χ2n) is 4.07. The first-order chi connectivity index (χ1) is 9.00. The summed E-state index contributed by atoms with van der Waals surface area (Å²) >= 11 is 0. The van der Waals surface area contributed by atoms with Crippen LogP contribution >= 0.6 is 0 Å². The van der Waals surface area contributed by atoms with Gasteiger partial charge in [0.1, 0.15) is 0 Å². The van der Waals surface area contributed by atoms with Gasteiger partial charge in [-0.25, -0.2) is 0 Å². The minimum atomic E-state index is 1.17. The maximum absolute atomic E-state index is 2.23. The van der Waals surface area contributed by atoms with E-state index in [9.17, 15) is 0 Å². The van der Waals surface area contributed by atoms with Crippen LogP contribution in [0.25, 0.3) is 0 Å². The Balaban J connectivity index is 2.50. The van der Waals surface area contributed by atoms with Gasteiger partial charge in [-0.3, -0.25) is 0 Å². The van der Waals surface area contributed by atoms with Crippen LogP contribution in [-0.2, 0) is 0 Å². The fraction of sp³-hybridized carbons (Fsp3) is 0.222. The minimum absolute atomic E-state index is 1.17. The summed E-state index contributed by atoms with van der Waals surface area (Å²) in [5, 5.41) is 0. The van der Waals surface area contributed by atoms with E-state index in [1.54, 1.807) is 0 Å². The van der Waals surface area contributed by atoms with Crippen molar-refractivity contribution in [2.45, 2.75) is 25.7 Å². The van der Waals surface area contributed by atoms with Crippen molar-refractivity contribution in [1.29, 1.82) is 0 Å². The molecule has 0 saturated carbocycles. The number of rotatable bonds is 0. The number of hydrogen-bond acceptors (Lipinski definition) is 0. The molecule has 0 spiro atoms. The first-order valence-electron chi connectivity index (χ1n) is 6.65. The van der Waals surface area contributed by atoms with Gasteiger partial charge in [0.25, 0.3) is 0 Å². The molecule has 0 heterocycles. The maximum atomic E-state index is 2.23. The van der Waals surface area contributed by atoms with Gasteiger partial charge in [0, 0.05) is 0 Å². The smallest absolute Gasteiger partial charge is 0.0347 e. The molecule has 0 fully saturated rings. The van der Waals surface area contributed by atoms with E-state index in [0.29, 0.717) is 0 Å². The van der Waals surface area contributed by atoms with Gasteiger partial charge in [-0.05, 0) is 25.7 Å². The fourth-order valence-corrected chi connectivity index (χ4v) is 1.52. The molecule has 18 heavy (non-hydrogen) atoms. The van der Waals surface area contributed by atoms with Crippen molar-refractivity contribution in [3.05, 3.63) is 85.1 Å². The highest BCUT2D eigenvalue weighted by Crippen LogP contribution is 2.02.